The number of aryl methyl sites for hydroxylation is 3. The lowest BCUT2D eigenvalue weighted by Gasteiger charge is -2.20. The van der Waals surface area contributed by atoms with Crippen LogP contribution in [0.5, 0.6) is 0 Å². The number of hydrogen-bond acceptors (Lipinski definition) is 1. The summed E-state index contributed by atoms with van der Waals surface area (Å²) in [4.78, 5) is 0. The van der Waals surface area contributed by atoms with Gasteiger partial charge in [-0.05, 0) is 75.1 Å². The van der Waals surface area contributed by atoms with Crippen molar-refractivity contribution in [3.8, 4) is 0 Å². The molecule has 18 heavy (non-hydrogen) atoms. The van der Waals surface area contributed by atoms with Gasteiger partial charge in [0.25, 0.3) is 0 Å². The Hall–Kier alpha value is -1.08. The van der Waals surface area contributed by atoms with Crippen molar-refractivity contribution in [1.29, 1.82) is 0 Å². The summed E-state index contributed by atoms with van der Waals surface area (Å²) in [7, 11) is 0. The molecule has 1 aromatic rings. The molecule has 1 nitrogen and oxygen atoms in total. The molecule has 0 spiro atoms. The summed E-state index contributed by atoms with van der Waals surface area (Å²) in [6, 6.07) is 4.70. The number of hydrogen-bond donors (Lipinski definition) is 1. The Labute approximate surface area is 111 Å². The zero-order valence-electron chi connectivity index (χ0n) is 11.9. The van der Waals surface area contributed by atoms with E-state index < -0.39 is 0 Å². The van der Waals surface area contributed by atoms with Crippen LogP contribution >= 0.6 is 0 Å². The first kappa shape index (κ1) is 13.4. The number of benzene rings is 1. The fourth-order valence-corrected chi connectivity index (χ4v) is 2.86. The largest absolute Gasteiger partial charge is 0.324 e. The van der Waals surface area contributed by atoms with Gasteiger partial charge in [-0.3, -0.25) is 0 Å². The second-order valence-electron chi connectivity index (χ2n) is 5.71. The molecule has 0 bridgehead atoms. The van der Waals surface area contributed by atoms with E-state index in [9.17, 15) is 0 Å². The maximum atomic E-state index is 6.40. The minimum atomic E-state index is 0.161. The van der Waals surface area contributed by atoms with Crippen LogP contribution in [0.3, 0.4) is 0 Å². The molecule has 1 aromatic carbocycles. The van der Waals surface area contributed by atoms with Crippen LogP contribution in [0.25, 0.3) is 0 Å². The van der Waals surface area contributed by atoms with Crippen molar-refractivity contribution in [2.75, 3.05) is 0 Å². The normalized spacial score (nSPS) is 17.4. The highest BCUT2D eigenvalue weighted by molar-refractivity contribution is 5.38. The molecule has 2 N–H and O–H groups in total. The van der Waals surface area contributed by atoms with Crippen LogP contribution in [0.4, 0.5) is 0 Å². The lowest BCUT2D eigenvalue weighted by molar-refractivity contribution is 0.626. The van der Waals surface area contributed by atoms with Crippen LogP contribution < -0.4 is 5.73 Å². The molecule has 1 aliphatic carbocycles. The molecule has 0 radical (unpaired) electrons. The minimum absolute atomic E-state index is 0.161. The second-order valence-corrected chi connectivity index (χ2v) is 5.71. The van der Waals surface area contributed by atoms with E-state index in [0.717, 1.165) is 6.42 Å². The summed E-state index contributed by atoms with van der Waals surface area (Å²) in [6.45, 7) is 6.52. The molecule has 0 saturated carbocycles. The Bertz CT molecular complexity index is 457. The molecule has 1 atom stereocenters. The maximum absolute atomic E-state index is 6.40. The van der Waals surface area contributed by atoms with Gasteiger partial charge in [0.15, 0.2) is 0 Å². The van der Waals surface area contributed by atoms with Crippen molar-refractivity contribution < 1.29 is 0 Å². The fraction of sp³-hybridized carbons (Fsp3) is 0.529. The van der Waals surface area contributed by atoms with E-state index in [1.165, 1.54) is 47.9 Å². The second kappa shape index (κ2) is 5.71. The highest BCUT2D eigenvalue weighted by Gasteiger charge is 2.13. The number of nitrogens with two attached hydrogens (primary N) is 1. The van der Waals surface area contributed by atoms with Crippen LogP contribution in [0.1, 0.15) is 60.4 Å². The summed E-state index contributed by atoms with van der Waals surface area (Å²) in [5.41, 5.74) is 13.3. The molecule has 1 aliphatic rings. The van der Waals surface area contributed by atoms with E-state index in [-0.39, 0.29) is 6.04 Å². The van der Waals surface area contributed by atoms with E-state index in [1.807, 2.05) is 0 Å². The van der Waals surface area contributed by atoms with E-state index in [4.69, 9.17) is 5.73 Å². The molecular formula is C17H25N. The predicted molar refractivity (Wildman–Crippen MR) is 78.7 cm³/mol. The van der Waals surface area contributed by atoms with Crippen LogP contribution in [-0.2, 0) is 0 Å². The van der Waals surface area contributed by atoms with Crippen molar-refractivity contribution in [3.63, 3.8) is 0 Å². The Morgan fingerprint density at radius 3 is 2.44 bits per heavy atom. The van der Waals surface area contributed by atoms with Crippen molar-refractivity contribution in [3.05, 3.63) is 46.0 Å². The zero-order chi connectivity index (χ0) is 13.1. The van der Waals surface area contributed by atoms with Gasteiger partial charge in [-0.15, -0.1) is 0 Å². The number of allylic oxidation sites excluding steroid dienone is 1. The van der Waals surface area contributed by atoms with Gasteiger partial charge in [0.1, 0.15) is 0 Å². The third-order valence-electron chi connectivity index (χ3n) is 4.15. The average Bonchev–Trinajstić information content (AvgIpc) is 2.35. The summed E-state index contributed by atoms with van der Waals surface area (Å²) in [5.74, 6) is 0. The molecule has 1 unspecified atom stereocenters. The Morgan fingerprint density at radius 2 is 1.78 bits per heavy atom. The van der Waals surface area contributed by atoms with E-state index in [0.29, 0.717) is 0 Å². The monoisotopic (exact) mass is 243 g/mol. The highest BCUT2D eigenvalue weighted by atomic mass is 14.6. The molecule has 0 heterocycles. The van der Waals surface area contributed by atoms with Gasteiger partial charge in [0.05, 0.1) is 0 Å². The fourth-order valence-electron chi connectivity index (χ4n) is 2.86. The smallest absolute Gasteiger partial charge is 0.0335 e. The lowest BCUT2D eigenvalue weighted by Crippen LogP contribution is -2.14. The Kier molecular flexibility index (Phi) is 4.23. The van der Waals surface area contributed by atoms with Gasteiger partial charge in [-0.1, -0.05) is 23.8 Å². The third kappa shape index (κ3) is 3.02. The molecule has 0 aromatic heterocycles. The molecule has 1 heteroatoms. The predicted octanol–water partition coefficient (Wildman–Crippen LogP) is 4.50. The summed E-state index contributed by atoms with van der Waals surface area (Å²) < 4.78 is 0. The topological polar surface area (TPSA) is 26.0 Å². The molecule has 2 rings (SSSR count). The Morgan fingerprint density at radius 1 is 1.06 bits per heavy atom. The average molecular weight is 243 g/mol. The molecule has 0 aliphatic heterocycles. The Balaban J connectivity index is 2.15. The number of rotatable bonds is 3. The van der Waals surface area contributed by atoms with Crippen LogP contribution in [-0.4, -0.2) is 0 Å². The first-order valence-electron chi connectivity index (χ1n) is 7.09. The van der Waals surface area contributed by atoms with Gasteiger partial charge in [0.2, 0.25) is 0 Å². The van der Waals surface area contributed by atoms with E-state index in [1.54, 1.807) is 5.57 Å². The SMILES string of the molecule is Cc1cc(C)c(C(N)CC2=CCCCC2)cc1C. The van der Waals surface area contributed by atoms with Gasteiger partial charge < -0.3 is 5.73 Å². The summed E-state index contributed by atoms with van der Waals surface area (Å²) in [6.07, 6.45) is 8.61. The molecule has 0 saturated heterocycles. The molecule has 0 amide bonds. The van der Waals surface area contributed by atoms with E-state index in [2.05, 4.69) is 39.0 Å². The van der Waals surface area contributed by atoms with Crippen molar-refractivity contribution >= 4 is 0 Å². The quantitative estimate of drug-likeness (QED) is 0.777. The molecule has 0 fully saturated rings. The summed E-state index contributed by atoms with van der Waals surface area (Å²) >= 11 is 0. The van der Waals surface area contributed by atoms with Gasteiger partial charge in [-0.25, -0.2) is 0 Å². The lowest BCUT2D eigenvalue weighted by atomic mass is 9.89. The van der Waals surface area contributed by atoms with Crippen LogP contribution in [0.15, 0.2) is 23.8 Å². The summed E-state index contributed by atoms with van der Waals surface area (Å²) in [5, 5.41) is 0. The van der Waals surface area contributed by atoms with Gasteiger partial charge in [0, 0.05) is 6.04 Å². The standard InChI is InChI=1S/C17H25N/c1-12-9-14(3)16(10-13(12)2)17(18)11-15-7-5-4-6-8-15/h7,9-10,17H,4-6,8,11,18H2,1-3H3. The molecule has 98 valence electrons. The van der Waals surface area contributed by atoms with E-state index >= 15 is 0 Å². The highest BCUT2D eigenvalue weighted by Crippen LogP contribution is 2.28. The van der Waals surface area contributed by atoms with Gasteiger partial charge in [-0.2, -0.15) is 0 Å². The zero-order valence-corrected chi connectivity index (χ0v) is 11.9. The molecular weight excluding hydrogens is 218 g/mol. The van der Waals surface area contributed by atoms with Gasteiger partial charge >= 0.3 is 0 Å². The van der Waals surface area contributed by atoms with Crippen LogP contribution in [0, 0.1) is 20.8 Å². The minimum Gasteiger partial charge on any atom is -0.324 e. The maximum Gasteiger partial charge on any atom is 0.0335 e. The van der Waals surface area contributed by atoms with Crippen molar-refractivity contribution in [2.45, 2.75) is 58.9 Å². The third-order valence-corrected chi connectivity index (χ3v) is 4.15. The van der Waals surface area contributed by atoms with Crippen LogP contribution in [0.2, 0.25) is 0 Å². The van der Waals surface area contributed by atoms with Crippen molar-refractivity contribution in [1.82, 2.24) is 0 Å². The van der Waals surface area contributed by atoms with Crippen molar-refractivity contribution in [2.24, 2.45) is 5.73 Å². The first-order chi connectivity index (χ1) is 8.58. The first-order valence-corrected chi connectivity index (χ1v) is 7.09.